The Morgan fingerprint density at radius 1 is 1.27 bits per heavy atom. The fourth-order valence-electron chi connectivity index (χ4n) is 5.30. The summed E-state index contributed by atoms with van der Waals surface area (Å²) < 4.78 is -0.589. The quantitative estimate of drug-likeness (QED) is 0.550. The molecule has 5 atom stereocenters. The van der Waals surface area contributed by atoms with Crippen LogP contribution in [0.5, 0.6) is 0 Å². The summed E-state index contributed by atoms with van der Waals surface area (Å²) >= 11 is 7.59. The van der Waals surface area contributed by atoms with E-state index in [1.54, 1.807) is 48.0 Å². The van der Waals surface area contributed by atoms with Gasteiger partial charge in [0.25, 0.3) is 0 Å². The van der Waals surface area contributed by atoms with Crippen molar-refractivity contribution in [3.05, 3.63) is 29.3 Å². The lowest BCUT2D eigenvalue weighted by Crippen LogP contribution is -2.51. The molecule has 0 aromatic heterocycles. The van der Waals surface area contributed by atoms with Crippen molar-refractivity contribution in [1.29, 1.82) is 0 Å². The number of anilines is 1. The Bertz CT molecular complexity index is 851. The number of benzene rings is 1. The molecule has 3 fully saturated rings. The lowest BCUT2D eigenvalue weighted by atomic mass is 9.71. The molecule has 0 radical (unpaired) electrons. The van der Waals surface area contributed by atoms with Crippen molar-refractivity contribution in [2.24, 2.45) is 11.8 Å². The molecule has 3 aliphatic rings. The van der Waals surface area contributed by atoms with Gasteiger partial charge in [0, 0.05) is 36.2 Å². The van der Waals surface area contributed by atoms with Gasteiger partial charge >= 0.3 is 0 Å². The van der Waals surface area contributed by atoms with Crippen molar-refractivity contribution in [3.63, 3.8) is 0 Å². The minimum absolute atomic E-state index is 0.0376. The number of carbonyl (C=O) groups excluding carboxylic acids is 3. The molecular weight excluding hydrogens is 426 g/mol. The van der Waals surface area contributed by atoms with Gasteiger partial charge in [0.15, 0.2) is 0 Å². The summed E-state index contributed by atoms with van der Waals surface area (Å²) in [5.74, 6) is -1.37. The smallest absolute Gasteiger partial charge is 0.248 e. The van der Waals surface area contributed by atoms with E-state index in [0.29, 0.717) is 30.1 Å². The molecule has 2 bridgehead atoms. The Balaban J connectivity index is 1.66. The first kappa shape index (κ1) is 21.5. The van der Waals surface area contributed by atoms with Gasteiger partial charge in [-0.2, -0.15) is 0 Å². The van der Waals surface area contributed by atoms with Crippen LogP contribution in [0.1, 0.15) is 25.7 Å². The van der Waals surface area contributed by atoms with Crippen LogP contribution in [0.25, 0.3) is 0 Å². The van der Waals surface area contributed by atoms with E-state index in [2.05, 4.69) is 10.6 Å². The molecule has 2 unspecified atom stereocenters. The van der Waals surface area contributed by atoms with Crippen LogP contribution >= 0.6 is 23.4 Å². The Kier molecular flexibility index (Phi) is 6.01. The normalized spacial score (nSPS) is 31.7. The lowest BCUT2D eigenvalue weighted by molar-refractivity contribution is -0.139. The topological polar surface area (TPSA) is 98.7 Å². The van der Waals surface area contributed by atoms with Crippen molar-refractivity contribution in [1.82, 2.24) is 10.2 Å². The maximum atomic E-state index is 13.5. The van der Waals surface area contributed by atoms with Gasteiger partial charge in [0.2, 0.25) is 17.7 Å². The summed E-state index contributed by atoms with van der Waals surface area (Å²) in [6.07, 6.45) is 2.72. The van der Waals surface area contributed by atoms with Gasteiger partial charge in [0.05, 0.1) is 16.6 Å². The molecule has 0 saturated carbocycles. The standard InChI is InChI=1S/C21H26ClN3O4S/c1-23-18(27)15-14-8-9-21(30-14)16(15)20(29)25(10-2-3-11-26)17(21)19(28)24-13-6-4-12(22)5-7-13/h4-7,14-17,26H,2-3,8-11H2,1H3,(H,23,27)(H,24,28)/t14-,15+,16-,17?,21?/m0/s1. The third-order valence-corrected chi connectivity index (χ3v) is 8.72. The molecule has 3 saturated heterocycles. The minimum Gasteiger partial charge on any atom is -0.396 e. The predicted octanol–water partition coefficient (Wildman–Crippen LogP) is 1.89. The number of aliphatic hydroxyl groups excluding tert-OH is 1. The summed E-state index contributed by atoms with van der Waals surface area (Å²) in [6, 6.07) is 6.22. The zero-order chi connectivity index (χ0) is 21.5. The van der Waals surface area contributed by atoms with Crippen molar-refractivity contribution in [3.8, 4) is 0 Å². The van der Waals surface area contributed by atoms with E-state index in [4.69, 9.17) is 16.7 Å². The number of likely N-dealkylation sites (tertiary alicyclic amines) is 1. The van der Waals surface area contributed by atoms with E-state index in [0.717, 1.165) is 12.8 Å². The summed E-state index contributed by atoms with van der Waals surface area (Å²) in [7, 11) is 1.59. The first-order valence-corrected chi connectivity index (χ1v) is 11.6. The van der Waals surface area contributed by atoms with Crippen LogP contribution in [-0.2, 0) is 14.4 Å². The first-order valence-electron chi connectivity index (χ1n) is 10.3. The van der Waals surface area contributed by atoms with Gasteiger partial charge in [0.1, 0.15) is 6.04 Å². The summed E-state index contributed by atoms with van der Waals surface area (Å²) in [6.45, 7) is 0.429. The van der Waals surface area contributed by atoms with Crippen LogP contribution in [0.2, 0.25) is 5.02 Å². The molecular formula is C21H26ClN3O4S. The van der Waals surface area contributed by atoms with Crippen molar-refractivity contribution < 1.29 is 19.5 Å². The van der Waals surface area contributed by atoms with Gasteiger partial charge in [-0.3, -0.25) is 14.4 Å². The highest BCUT2D eigenvalue weighted by Gasteiger charge is 2.73. The number of hydrogen-bond acceptors (Lipinski definition) is 5. The maximum Gasteiger partial charge on any atom is 0.248 e. The number of nitrogens with zero attached hydrogens (tertiary/aromatic N) is 1. The number of halogens is 1. The molecule has 30 heavy (non-hydrogen) atoms. The molecule has 162 valence electrons. The molecule has 1 aromatic rings. The second-order valence-corrected chi connectivity index (χ2v) is 10.2. The van der Waals surface area contributed by atoms with Gasteiger partial charge in [-0.1, -0.05) is 11.6 Å². The number of fused-ring (bicyclic) bond motifs is 1. The van der Waals surface area contributed by atoms with E-state index in [-0.39, 0.29) is 29.6 Å². The van der Waals surface area contributed by atoms with E-state index < -0.39 is 22.6 Å². The lowest BCUT2D eigenvalue weighted by Gasteiger charge is -2.34. The Morgan fingerprint density at radius 3 is 2.67 bits per heavy atom. The van der Waals surface area contributed by atoms with Crippen molar-refractivity contribution in [2.75, 3.05) is 25.5 Å². The van der Waals surface area contributed by atoms with Gasteiger partial charge in [-0.05, 0) is 49.9 Å². The monoisotopic (exact) mass is 451 g/mol. The van der Waals surface area contributed by atoms with Crippen LogP contribution in [0, 0.1) is 11.8 Å². The first-order chi connectivity index (χ1) is 14.4. The minimum atomic E-state index is -0.644. The Hall–Kier alpha value is -1.77. The number of unbranched alkanes of at least 4 members (excludes halogenated alkanes) is 1. The predicted molar refractivity (Wildman–Crippen MR) is 116 cm³/mol. The van der Waals surface area contributed by atoms with Crippen LogP contribution < -0.4 is 10.6 Å². The zero-order valence-electron chi connectivity index (χ0n) is 16.8. The average Bonchev–Trinajstić information content (AvgIpc) is 3.37. The van der Waals surface area contributed by atoms with E-state index in [9.17, 15) is 14.4 Å². The van der Waals surface area contributed by atoms with Gasteiger partial charge in [-0.15, -0.1) is 11.8 Å². The highest BCUT2D eigenvalue weighted by molar-refractivity contribution is 8.02. The molecule has 3 N–H and O–H groups in total. The zero-order valence-corrected chi connectivity index (χ0v) is 18.3. The van der Waals surface area contributed by atoms with E-state index in [1.807, 2.05) is 0 Å². The fraction of sp³-hybridized carbons (Fsp3) is 0.571. The second kappa shape index (κ2) is 8.40. The summed E-state index contributed by atoms with van der Waals surface area (Å²) in [5, 5.41) is 15.4. The van der Waals surface area contributed by atoms with Crippen molar-refractivity contribution >= 4 is 46.8 Å². The molecule has 1 aromatic carbocycles. The number of hydrogen-bond donors (Lipinski definition) is 3. The molecule has 4 rings (SSSR count). The number of thioether (sulfide) groups is 1. The Morgan fingerprint density at radius 2 is 2.00 bits per heavy atom. The van der Waals surface area contributed by atoms with Crippen LogP contribution in [0.15, 0.2) is 24.3 Å². The molecule has 3 aliphatic heterocycles. The third-order valence-electron chi connectivity index (χ3n) is 6.52. The average molecular weight is 452 g/mol. The number of rotatable bonds is 7. The number of nitrogens with one attached hydrogen (secondary N) is 2. The molecule has 9 heteroatoms. The van der Waals surface area contributed by atoms with Crippen molar-refractivity contribution in [2.45, 2.75) is 41.7 Å². The molecule has 7 nitrogen and oxygen atoms in total. The SMILES string of the molecule is CNC(=O)[C@@H]1[C@@H]2CCC3(S2)C(C(=O)Nc2ccc(Cl)cc2)N(CCCCO)C(=O)[C@H]13. The number of aliphatic hydroxyl groups is 1. The van der Waals surface area contributed by atoms with Crippen LogP contribution in [-0.4, -0.2) is 64.0 Å². The van der Waals surface area contributed by atoms with Gasteiger partial charge in [-0.25, -0.2) is 0 Å². The summed E-state index contributed by atoms with van der Waals surface area (Å²) in [4.78, 5) is 41.2. The van der Waals surface area contributed by atoms with E-state index >= 15 is 0 Å². The highest BCUT2D eigenvalue weighted by Crippen LogP contribution is 2.66. The molecule has 3 amide bonds. The number of amides is 3. The Labute approximate surface area is 184 Å². The van der Waals surface area contributed by atoms with Crippen LogP contribution in [0.4, 0.5) is 5.69 Å². The molecule has 1 spiro atoms. The highest BCUT2D eigenvalue weighted by atomic mass is 35.5. The second-order valence-electron chi connectivity index (χ2n) is 8.13. The largest absolute Gasteiger partial charge is 0.396 e. The molecule has 0 aliphatic carbocycles. The fourth-order valence-corrected chi connectivity index (χ4v) is 7.64. The third kappa shape index (κ3) is 3.39. The maximum absolute atomic E-state index is 13.5. The van der Waals surface area contributed by atoms with Crippen LogP contribution in [0.3, 0.4) is 0 Å². The number of carbonyl (C=O) groups is 3. The summed E-state index contributed by atoms with van der Waals surface area (Å²) in [5.41, 5.74) is 0.618. The van der Waals surface area contributed by atoms with E-state index in [1.165, 1.54) is 0 Å². The molecule has 3 heterocycles. The van der Waals surface area contributed by atoms with Gasteiger partial charge < -0.3 is 20.6 Å².